The summed E-state index contributed by atoms with van der Waals surface area (Å²) in [5.74, 6) is -1.02. The fraction of sp³-hybridized carbons (Fsp3) is 0.545. The van der Waals surface area contributed by atoms with Crippen LogP contribution in [0.15, 0.2) is 30.3 Å². The van der Waals surface area contributed by atoms with E-state index in [1.54, 1.807) is 11.8 Å². The number of rotatable bonds is 11. The van der Waals surface area contributed by atoms with Crippen LogP contribution in [0.5, 0.6) is 0 Å². The van der Waals surface area contributed by atoms with E-state index in [2.05, 4.69) is 21.3 Å². The maximum Gasteiger partial charge on any atom is 0.320 e. The van der Waals surface area contributed by atoms with Gasteiger partial charge in [-0.2, -0.15) is 0 Å². The Bertz CT molecular complexity index is 721. The first-order valence-electron chi connectivity index (χ1n) is 10.3. The van der Waals surface area contributed by atoms with Crippen molar-refractivity contribution in [2.24, 2.45) is 17.4 Å². The first-order chi connectivity index (χ1) is 15.3. The Morgan fingerprint density at radius 3 is 1.94 bits per heavy atom. The first kappa shape index (κ1) is 33.3. The molecule has 0 aliphatic heterocycles. The zero-order valence-electron chi connectivity index (χ0n) is 19.5. The number of nitrogens with one attached hydrogen (secondary N) is 1. The molecule has 7 N–H and O–H groups in total. The molecule has 187 valence electrons. The maximum atomic E-state index is 10.6. The Hall–Kier alpha value is -1.91. The number of carbonyl (C=O) groups is 4. The molecule has 11 heteroatoms. The summed E-state index contributed by atoms with van der Waals surface area (Å²) in [5.41, 5.74) is 11.7. The van der Waals surface area contributed by atoms with Gasteiger partial charge in [-0.15, -0.1) is 0 Å². The van der Waals surface area contributed by atoms with Gasteiger partial charge in [-0.25, -0.2) is 4.79 Å². The Morgan fingerprint density at radius 2 is 1.58 bits per heavy atom. The van der Waals surface area contributed by atoms with E-state index in [0.717, 1.165) is 17.7 Å². The molecule has 1 aromatic rings. The standard InChI is InChI=1S/C9H11NO2.C8H15NO3.C5H10NOSSe/c10-8(9(11)12)6-7-4-2-1-3-5-7;1-5(2)4-7(8(11)12)9-6(3)10;1-8-3-2-4(6)5(7)9/h1-5,8H,6,10H2,(H,11,12);5,7H,4H2,1-3H3,(H,9,10)(H,11,12);4H,2-3,6H2,1H3/t8-;7-;4-/m000/s1. The molecule has 0 aromatic heterocycles. The molecular formula is C22H36N3O6SSe. The van der Waals surface area contributed by atoms with Gasteiger partial charge < -0.3 is 21.3 Å². The third-order valence-electron chi connectivity index (χ3n) is 3.93. The molecule has 0 fully saturated rings. The summed E-state index contributed by atoms with van der Waals surface area (Å²) in [6.07, 6.45) is 3.62. The first-order valence-corrected chi connectivity index (χ1v) is 12.5. The van der Waals surface area contributed by atoms with Gasteiger partial charge in [-0.3, -0.25) is 9.59 Å². The van der Waals surface area contributed by atoms with Crippen LogP contribution in [0.3, 0.4) is 0 Å². The van der Waals surface area contributed by atoms with Gasteiger partial charge in [0.25, 0.3) is 0 Å². The summed E-state index contributed by atoms with van der Waals surface area (Å²) >= 11 is 4.08. The van der Waals surface area contributed by atoms with Gasteiger partial charge in [0.1, 0.15) is 12.1 Å². The molecule has 0 heterocycles. The molecule has 1 amide bonds. The number of carboxylic acid groups (broad SMARTS) is 2. The number of nitrogens with two attached hydrogens (primary N) is 2. The molecule has 0 aliphatic carbocycles. The van der Waals surface area contributed by atoms with Crippen molar-refractivity contribution >= 4 is 50.3 Å². The van der Waals surface area contributed by atoms with E-state index < -0.39 is 24.0 Å². The van der Waals surface area contributed by atoms with Crippen molar-refractivity contribution in [2.45, 2.75) is 58.2 Å². The third kappa shape index (κ3) is 20.4. The van der Waals surface area contributed by atoms with Gasteiger partial charge in [0.05, 0.1) is 0 Å². The van der Waals surface area contributed by atoms with E-state index in [0.29, 0.717) is 12.8 Å². The quantitative estimate of drug-likeness (QED) is 0.253. The van der Waals surface area contributed by atoms with E-state index in [-0.39, 0.29) is 22.5 Å². The van der Waals surface area contributed by atoms with Gasteiger partial charge in [0.2, 0.25) is 5.91 Å². The average Bonchev–Trinajstić information content (AvgIpc) is 2.72. The van der Waals surface area contributed by atoms with Crippen LogP contribution < -0.4 is 16.8 Å². The minimum Gasteiger partial charge on any atom is -0.480 e. The summed E-state index contributed by atoms with van der Waals surface area (Å²) in [6, 6.07) is 7.50. The number of hydrogen-bond donors (Lipinski definition) is 5. The van der Waals surface area contributed by atoms with E-state index in [1.807, 2.05) is 50.4 Å². The van der Waals surface area contributed by atoms with E-state index >= 15 is 0 Å². The molecule has 0 spiro atoms. The number of carboxylic acids is 2. The Kier molecular flexibility index (Phi) is 19.7. The molecule has 0 unspecified atom stereocenters. The number of carbonyl (C=O) groups excluding carboxylic acids is 2. The molecule has 0 saturated heterocycles. The normalized spacial score (nSPS) is 12.7. The zero-order valence-corrected chi connectivity index (χ0v) is 22.1. The van der Waals surface area contributed by atoms with Crippen LogP contribution in [0.2, 0.25) is 0 Å². The summed E-state index contributed by atoms with van der Waals surface area (Å²) < 4.78 is -0.0379. The predicted molar refractivity (Wildman–Crippen MR) is 132 cm³/mol. The van der Waals surface area contributed by atoms with Crippen molar-refractivity contribution in [1.82, 2.24) is 5.32 Å². The topological polar surface area (TPSA) is 173 Å². The third-order valence-corrected chi connectivity index (χ3v) is 5.21. The average molecular weight is 550 g/mol. The Morgan fingerprint density at radius 1 is 1.03 bits per heavy atom. The van der Waals surface area contributed by atoms with Crippen molar-refractivity contribution in [3.63, 3.8) is 0 Å². The smallest absolute Gasteiger partial charge is 0.320 e. The fourth-order valence-corrected chi connectivity index (χ4v) is 2.99. The van der Waals surface area contributed by atoms with Crippen molar-refractivity contribution in [1.29, 1.82) is 0 Å². The molecule has 1 aromatic carbocycles. The molecule has 0 bridgehead atoms. The number of thioether (sulfide) groups is 1. The van der Waals surface area contributed by atoms with Crippen LogP contribution in [-0.4, -0.2) is 78.9 Å². The minimum atomic E-state index is -0.973. The zero-order chi connectivity index (χ0) is 26.0. The monoisotopic (exact) mass is 550 g/mol. The second-order valence-corrected chi connectivity index (χ2v) is 9.39. The molecule has 1 rings (SSSR count). The van der Waals surface area contributed by atoms with Crippen molar-refractivity contribution < 1.29 is 29.4 Å². The molecule has 3 atom stereocenters. The molecular weight excluding hydrogens is 513 g/mol. The van der Waals surface area contributed by atoms with Crippen LogP contribution in [0, 0.1) is 5.92 Å². The number of aliphatic carboxylic acids is 2. The van der Waals surface area contributed by atoms with Gasteiger partial charge in [-0.1, -0.05) is 44.2 Å². The molecule has 9 nitrogen and oxygen atoms in total. The Balaban J connectivity index is 0. The van der Waals surface area contributed by atoms with Crippen LogP contribution >= 0.6 is 11.8 Å². The van der Waals surface area contributed by atoms with Gasteiger partial charge in [0, 0.05) is 6.92 Å². The molecule has 0 aliphatic rings. The van der Waals surface area contributed by atoms with Gasteiger partial charge in [0.15, 0.2) is 0 Å². The van der Waals surface area contributed by atoms with Gasteiger partial charge >= 0.3 is 79.4 Å². The van der Waals surface area contributed by atoms with E-state index in [1.165, 1.54) is 6.92 Å². The molecule has 1 radical (unpaired) electrons. The SMILES string of the molecule is CC(=O)N[C@@H](CC(C)C)C(=O)O.CSCC[C@H](N)C(=O)[Se].N[C@@H](Cc1ccccc1)C(=O)O. The van der Waals surface area contributed by atoms with Crippen LogP contribution in [0.1, 0.15) is 39.2 Å². The summed E-state index contributed by atoms with van der Waals surface area (Å²) in [4.78, 5) is 42.0. The summed E-state index contributed by atoms with van der Waals surface area (Å²) in [7, 11) is 0. The van der Waals surface area contributed by atoms with Crippen molar-refractivity contribution in [3.8, 4) is 0 Å². The van der Waals surface area contributed by atoms with Crippen molar-refractivity contribution in [2.75, 3.05) is 12.0 Å². The molecule has 0 saturated carbocycles. The minimum absolute atomic E-state index is 0.0379. The van der Waals surface area contributed by atoms with E-state index in [4.69, 9.17) is 21.7 Å². The predicted octanol–water partition coefficient (Wildman–Crippen LogP) is 1.02. The number of amides is 1. The fourth-order valence-electron chi connectivity index (χ4n) is 2.26. The second kappa shape index (κ2) is 19.5. The Labute approximate surface area is 208 Å². The second-order valence-electron chi connectivity index (χ2n) is 7.56. The van der Waals surface area contributed by atoms with Crippen LogP contribution in [-0.2, 0) is 25.6 Å². The number of benzene rings is 1. The largest absolute Gasteiger partial charge is 0.480 e. The molecule has 33 heavy (non-hydrogen) atoms. The number of hydrogen-bond acceptors (Lipinski definition) is 7. The summed E-state index contributed by atoms with van der Waals surface area (Å²) in [5, 5.41) is 19.5. The van der Waals surface area contributed by atoms with Crippen LogP contribution in [0.25, 0.3) is 0 Å². The van der Waals surface area contributed by atoms with Gasteiger partial charge in [-0.05, 0) is 24.3 Å². The summed E-state index contributed by atoms with van der Waals surface area (Å²) in [6.45, 7) is 5.14. The maximum absolute atomic E-state index is 10.6. The van der Waals surface area contributed by atoms with E-state index in [9.17, 15) is 19.2 Å². The van der Waals surface area contributed by atoms with Crippen LogP contribution in [0.4, 0.5) is 0 Å². The van der Waals surface area contributed by atoms with Crippen molar-refractivity contribution in [3.05, 3.63) is 35.9 Å².